The van der Waals surface area contributed by atoms with Gasteiger partial charge in [0.2, 0.25) is 5.91 Å². The molecule has 4 amide bonds. The third kappa shape index (κ3) is 5.26. The number of carbonyl (C=O) groups is 3. The Kier molecular flexibility index (Phi) is 7.58. The molecule has 0 unspecified atom stereocenters. The van der Waals surface area contributed by atoms with Crippen molar-refractivity contribution in [3.63, 3.8) is 0 Å². The van der Waals surface area contributed by atoms with E-state index < -0.39 is 5.54 Å². The van der Waals surface area contributed by atoms with Gasteiger partial charge in [0, 0.05) is 31.0 Å². The van der Waals surface area contributed by atoms with E-state index in [9.17, 15) is 14.4 Å². The van der Waals surface area contributed by atoms with Gasteiger partial charge in [-0.25, -0.2) is 4.79 Å². The zero-order valence-electron chi connectivity index (χ0n) is 20.6. The summed E-state index contributed by atoms with van der Waals surface area (Å²) in [6.45, 7) is 6.02. The Morgan fingerprint density at radius 1 is 0.971 bits per heavy atom. The second-order valence-electron chi connectivity index (χ2n) is 9.26. The van der Waals surface area contributed by atoms with E-state index in [2.05, 4.69) is 22.5 Å². The molecule has 1 spiro atoms. The number of nitrogens with one attached hydrogen (secondary N) is 2. The molecule has 2 saturated heterocycles. The molecule has 2 aromatic carbocycles. The molecule has 2 aliphatic rings. The predicted molar refractivity (Wildman–Crippen MR) is 137 cm³/mol. The molecule has 8 nitrogen and oxygen atoms in total. The highest BCUT2D eigenvalue weighted by Gasteiger charge is 2.54. The third-order valence-corrected chi connectivity index (χ3v) is 6.98. The molecule has 0 aliphatic carbocycles. The number of hydrogen-bond acceptors (Lipinski definition) is 4. The number of rotatable bonds is 7. The molecule has 2 aliphatic heterocycles. The zero-order valence-corrected chi connectivity index (χ0v) is 20.6. The first-order chi connectivity index (χ1) is 17.0. The Morgan fingerprint density at radius 3 is 2.29 bits per heavy atom. The van der Waals surface area contributed by atoms with E-state index in [4.69, 9.17) is 0 Å². The highest BCUT2D eigenvalue weighted by molar-refractivity contribution is 5.96. The van der Waals surface area contributed by atoms with Crippen LogP contribution in [0.15, 0.2) is 54.6 Å². The van der Waals surface area contributed by atoms with Crippen molar-refractivity contribution in [1.29, 1.82) is 0 Å². The molecule has 8 heteroatoms. The van der Waals surface area contributed by atoms with Crippen LogP contribution in [0.2, 0.25) is 0 Å². The number of nitrogens with zero attached hydrogens (tertiary/aromatic N) is 3. The van der Waals surface area contributed by atoms with Crippen LogP contribution in [0, 0.1) is 0 Å². The molecule has 4 rings (SSSR count). The summed E-state index contributed by atoms with van der Waals surface area (Å²) >= 11 is 0. The third-order valence-electron chi connectivity index (χ3n) is 6.98. The fourth-order valence-electron chi connectivity index (χ4n) is 4.92. The Bertz CT molecular complexity index is 1030. The summed E-state index contributed by atoms with van der Waals surface area (Å²) in [6.07, 6.45) is 2.82. The molecule has 186 valence electrons. The van der Waals surface area contributed by atoms with Crippen LogP contribution in [0.25, 0.3) is 0 Å². The van der Waals surface area contributed by atoms with Crippen LogP contribution in [-0.4, -0.2) is 66.0 Å². The van der Waals surface area contributed by atoms with E-state index in [1.807, 2.05) is 61.5 Å². The van der Waals surface area contributed by atoms with Crippen molar-refractivity contribution < 1.29 is 14.4 Å². The summed E-state index contributed by atoms with van der Waals surface area (Å²) in [5.41, 5.74) is 2.17. The lowest BCUT2D eigenvalue weighted by Gasteiger charge is -2.43. The van der Waals surface area contributed by atoms with Gasteiger partial charge < -0.3 is 25.3 Å². The van der Waals surface area contributed by atoms with E-state index >= 15 is 0 Å². The highest BCUT2D eigenvalue weighted by atomic mass is 16.2. The maximum Gasteiger partial charge on any atom is 0.321 e. The molecule has 0 bridgehead atoms. The standard InChI is InChI=1S/C27H35N5O3/c1-3-16-28-24(33)19-31-20-32(23-8-6-5-7-9-23)27(25(31)34)14-17-30(18-15-27)26(35)29-22-12-10-21(4-2)11-13-22/h5-13H,3-4,14-20H2,1-2H3,(H,28,33)(H,29,35). The lowest BCUT2D eigenvalue weighted by Crippen LogP contribution is -2.58. The lowest BCUT2D eigenvalue weighted by molar-refractivity contribution is -0.137. The van der Waals surface area contributed by atoms with Gasteiger partial charge in [-0.2, -0.15) is 0 Å². The topological polar surface area (TPSA) is 85.0 Å². The summed E-state index contributed by atoms with van der Waals surface area (Å²) in [5, 5.41) is 5.84. The van der Waals surface area contributed by atoms with Crippen LogP contribution in [0.3, 0.4) is 0 Å². The molecular weight excluding hydrogens is 442 g/mol. The maximum atomic E-state index is 13.7. The van der Waals surface area contributed by atoms with Crippen molar-refractivity contribution in [2.45, 2.75) is 45.1 Å². The van der Waals surface area contributed by atoms with Crippen LogP contribution in [0.5, 0.6) is 0 Å². The number of anilines is 2. The van der Waals surface area contributed by atoms with E-state index in [0.717, 1.165) is 24.2 Å². The van der Waals surface area contributed by atoms with Crippen molar-refractivity contribution >= 4 is 29.2 Å². The molecule has 0 saturated carbocycles. The van der Waals surface area contributed by atoms with E-state index in [-0.39, 0.29) is 24.4 Å². The quantitative estimate of drug-likeness (QED) is 0.640. The van der Waals surface area contributed by atoms with Crippen molar-refractivity contribution in [1.82, 2.24) is 15.1 Å². The molecule has 2 fully saturated rings. The first-order valence-corrected chi connectivity index (χ1v) is 12.5. The number of hydrogen-bond donors (Lipinski definition) is 2. The lowest BCUT2D eigenvalue weighted by atomic mass is 9.85. The Morgan fingerprint density at radius 2 is 1.66 bits per heavy atom. The Balaban J connectivity index is 1.47. The number of carbonyl (C=O) groups excluding carboxylic acids is 3. The average Bonchev–Trinajstić information content (AvgIpc) is 3.14. The Hall–Kier alpha value is -3.55. The van der Waals surface area contributed by atoms with Gasteiger partial charge in [-0.3, -0.25) is 9.59 Å². The van der Waals surface area contributed by atoms with Crippen LogP contribution < -0.4 is 15.5 Å². The molecule has 2 N–H and O–H groups in total. The smallest absolute Gasteiger partial charge is 0.321 e. The van der Waals surface area contributed by atoms with Gasteiger partial charge in [0.25, 0.3) is 5.91 Å². The van der Waals surface area contributed by atoms with E-state index in [1.54, 1.807) is 9.80 Å². The SMILES string of the molecule is CCCNC(=O)CN1CN(c2ccccc2)C2(CCN(C(=O)Nc3ccc(CC)cc3)CC2)C1=O. The average molecular weight is 478 g/mol. The van der Waals surface area contributed by atoms with Gasteiger partial charge in [-0.05, 0) is 55.5 Å². The summed E-state index contributed by atoms with van der Waals surface area (Å²) < 4.78 is 0. The van der Waals surface area contributed by atoms with Gasteiger partial charge >= 0.3 is 6.03 Å². The minimum atomic E-state index is -0.758. The van der Waals surface area contributed by atoms with Gasteiger partial charge in [0.1, 0.15) is 12.1 Å². The largest absolute Gasteiger partial charge is 0.355 e. The number of amides is 4. The number of urea groups is 1. The summed E-state index contributed by atoms with van der Waals surface area (Å²) in [6, 6.07) is 17.6. The van der Waals surface area contributed by atoms with Crippen LogP contribution in [-0.2, 0) is 16.0 Å². The van der Waals surface area contributed by atoms with E-state index in [0.29, 0.717) is 39.1 Å². The minimum absolute atomic E-state index is 0.0387. The van der Waals surface area contributed by atoms with Gasteiger partial charge in [0.05, 0.1) is 6.67 Å². The van der Waals surface area contributed by atoms with Gasteiger partial charge in [-0.15, -0.1) is 0 Å². The zero-order chi connectivity index (χ0) is 24.8. The van der Waals surface area contributed by atoms with Crippen LogP contribution in [0.4, 0.5) is 16.2 Å². The fourth-order valence-corrected chi connectivity index (χ4v) is 4.92. The van der Waals surface area contributed by atoms with Crippen molar-refractivity contribution in [2.24, 2.45) is 0 Å². The first kappa shape index (κ1) is 24.6. The number of aryl methyl sites for hydroxylation is 1. The van der Waals surface area contributed by atoms with Crippen molar-refractivity contribution in [3.8, 4) is 0 Å². The molecule has 0 aromatic heterocycles. The molecule has 2 aromatic rings. The van der Waals surface area contributed by atoms with Crippen LogP contribution >= 0.6 is 0 Å². The summed E-state index contributed by atoms with van der Waals surface area (Å²) in [4.78, 5) is 44.5. The van der Waals surface area contributed by atoms with Crippen molar-refractivity contribution in [2.75, 3.05) is 43.1 Å². The molecule has 35 heavy (non-hydrogen) atoms. The second-order valence-corrected chi connectivity index (χ2v) is 9.26. The van der Waals surface area contributed by atoms with Crippen molar-refractivity contribution in [3.05, 3.63) is 60.2 Å². The first-order valence-electron chi connectivity index (χ1n) is 12.5. The summed E-state index contributed by atoms with van der Waals surface area (Å²) in [7, 11) is 0. The van der Waals surface area contributed by atoms with Gasteiger partial charge in [-0.1, -0.05) is 44.2 Å². The highest BCUT2D eigenvalue weighted by Crippen LogP contribution is 2.39. The molecule has 0 atom stereocenters. The number of benzene rings is 2. The normalized spacial score (nSPS) is 17.1. The number of likely N-dealkylation sites (tertiary alicyclic amines) is 1. The molecule has 0 radical (unpaired) electrons. The molecular formula is C27H35N5O3. The fraction of sp³-hybridized carbons (Fsp3) is 0.444. The van der Waals surface area contributed by atoms with E-state index in [1.165, 1.54) is 5.56 Å². The number of piperidine rings is 1. The van der Waals surface area contributed by atoms with Crippen LogP contribution in [0.1, 0.15) is 38.7 Å². The maximum absolute atomic E-state index is 13.7. The second kappa shape index (κ2) is 10.8. The number of para-hydroxylation sites is 1. The Labute approximate surface area is 207 Å². The monoisotopic (exact) mass is 477 g/mol. The predicted octanol–water partition coefficient (Wildman–Crippen LogP) is 3.45. The minimum Gasteiger partial charge on any atom is -0.355 e. The molecule has 2 heterocycles. The van der Waals surface area contributed by atoms with Gasteiger partial charge in [0.15, 0.2) is 0 Å². The summed E-state index contributed by atoms with van der Waals surface area (Å²) in [5.74, 6) is -0.181.